The summed E-state index contributed by atoms with van der Waals surface area (Å²) in [6.45, 7) is 12.3. The van der Waals surface area contributed by atoms with Gasteiger partial charge >= 0.3 is 0 Å². The molecule has 21 heavy (non-hydrogen) atoms. The van der Waals surface area contributed by atoms with E-state index in [0.29, 0.717) is 5.92 Å². The van der Waals surface area contributed by atoms with Gasteiger partial charge in [-0.3, -0.25) is 9.80 Å². The molecule has 0 radical (unpaired) electrons. The predicted molar refractivity (Wildman–Crippen MR) is 84.2 cm³/mol. The van der Waals surface area contributed by atoms with Gasteiger partial charge in [-0.25, -0.2) is 9.97 Å². The molecule has 0 amide bonds. The van der Waals surface area contributed by atoms with Crippen LogP contribution in [-0.4, -0.2) is 65.1 Å². The molecule has 5 nitrogen and oxygen atoms in total. The van der Waals surface area contributed by atoms with Gasteiger partial charge in [0.05, 0.1) is 0 Å². The average Bonchev–Trinajstić information content (AvgIpc) is 3.03. The standard InChI is InChI=1S/C16H27N5/c1-13(2)16-18-9-14(10-19-16)12-20-5-7-21(8-6-20)15-3-4-17-11-15/h9-10,13,15,17H,3-8,11-12H2,1-2H3/t15-/m0/s1. The Kier molecular flexibility index (Phi) is 4.83. The van der Waals surface area contributed by atoms with E-state index in [1.165, 1.54) is 38.2 Å². The number of rotatable bonds is 4. The Labute approximate surface area is 127 Å². The third-order valence-corrected chi connectivity index (χ3v) is 4.61. The van der Waals surface area contributed by atoms with Crippen molar-refractivity contribution in [3.8, 4) is 0 Å². The minimum absolute atomic E-state index is 0.405. The maximum atomic E-state index is 4.47. The van der Waals surface area contributed by atoms with Crippen molar-refractivity contribution in [3.05, 3.63) is 23.8 Å². The van der Waals surface area contributed by atoms with Crippen LogP contribution in [-0.2, 0) is 6.54 Å². The normalized spacial score (nSPS) is 24.8. The summed E-state index contributed by atoms with van der Waals surface area (Å²) in [7, 11) is 0. The highest BCUT2D eigenvalue weighted by atomic mass is 15.3. The van der Waals surface area contributed by atoms with Crippen molar-refractivity contribution in [2.75, 3.05) is 39.3 Å². The zero-order valence-corrected chi connectivity index (χ0v) is 13.3. The smallest absolute Gasteiger partial charge is 0.130 e. The summed E-state index contributed by atoms with van der Waals surface area (Å²) in [6.07, 6.45) is 5.30. The number of nitrogens with zero attached hydrogens (tertiary/aromatic N) is 4. The Hall–Kier alpha value is -1.04. The summed E-state index contributed by atoms with van der Waals surface area (Å²) in [4.78, 5) is 14.1. The molecule has 2 fully saturated rings. The molecule has 2 saturated heterocycles. The van der Waals surface area contributed by atoms with Gasteiger partial charge in [-0.15, -0.1) is 0 Å². The minimum atomic E-state index is 0.405. The Balaban J connectivity index is 1.48. The van der Waals surface area contributed by atoms with Crippen molar-refractivity contribution in [2.45, 2.75) is 38.8 Å². The van der Waals surface area contributed by atoms with Crippen molar-refractivity contribution < 1.29 is 0 Å². The van der Waals surface area contributed by atoms with E-state index in [1.54, 1.807) is 0 Å². The SMILES string of the molecule is CC(C)c1ncc(CN2CCN([C@H]3CCNC3)CC2)cn1. The van der Waals surface area contributed by atoms with Gasteiger partial charge in [-0.1, -0.05) is 13.8 Å². The second-order valence-corrected chi connectivity index (χ2v) is 6.56. The highest BCUT2D eigenvalue weighted by Gasteiger charge is 2.25. The minimum Gasteiger partial charge on any atom is -0.315 e. The van der Waals surface area contributed by atoms with Crippen LogP contribution in [0, 0.1) is 0 Å². The van der Waals surface area contributed by atoms with Gasteiger partial charge in [0.2, 0.25) is 0 Å². The van der Waals surface area contributed by atoms with Gasteiger partial charge in [-0.05, 0) is 13.0 Å². The molecule has 116 valence electrons. The van der Waals surface area contributed by atoms with Crippen LogP contribution in [0.4, 0.5) is 0 Å². The molecule has 1 N–H and O–H groups in total. The first kappa shape index (κ1) is 14.9. The lowest BCUT2D eigenvalue weighted by atomic mass is 10.1. The van der Waals surface area contributed by atoms with Crippen LogP contribution in [0.5, 0.6) is 0 Å². The molecular weight excluding hydrogens is 262 g/mol. The fourth-order valence-corrected chi connectivity index (χ4v) is 3.24. The Bertz CT molecular complexity index is 430. The monoisotopic (exact) mass is 289 g/mol. The van der Waals surface area contributed by atoms with Crippen LogP contribution in [0.1, 0.15) is 37.6 Å². The second-order valence-electron chi connectivity index (χ2n) is 6.56. The second kappa shape index (κ2) is 6.81. The lowest BCUT2D eigenvalue weighted by Crippen LogP contribution is -2.50. The highest BCUT2D eigenvalue weighted by molar-refractivity contribution is 5.07. The van der Waals surface area contributed by atoms with Gasteiger partial charge < -0.3 is 5.32 Å². The molecule has 0 aromatic carbocycles. The average molecular weight is 289 g/mol. The first-order chi connectivity index (χ1) is 10.2. The lowest BCUT2D eigenvalue weighted by Gasteiger charge is -2.37. The third kappa shape index (κ3) is 3.78. The number of piperazine rings is 1. The molecule has 0 bridgehead atoms. The van der Waals surface area contributed by atoms with E-state index in [-0.39, 0.29) is 0 Å². The Morgan fingerprint density at radius 2 is 1.90 bits per heavy atom. The fraction of sp³-hybridized carbons (Fsp3) is 0.750. The van der Waals surface area contributed by atoms with Crippen LogP contribution in [0.25, 0.3) is 0 Å². The number of hydrogen-bond donors (Lipinski definition) is 1. The molecule has 2 aliphatic heterocycles. The number of aromatic nitrogens is 2. The molecule has 0 saturated carbocycles. The molecule has 1 aromatic heterocycles. The van der Waals surface area contributed by atoms with E-state index in [2.05, 4.69) is 38.9 Å². The van der Waals surface area contributed by atoms with Crippen LogP contribution >= 0.6 is 0 Å². The maximum absolute atomic E-state index is 4.47. The maximum Gasteiger partial charge on any atom is 0.130 e. The van der Waals surface area contributed by atoms with Gasteiger partial charge in [0, 0.05) is 69.2 Å². The number of nitrogens with one attached hydrogen (secondary N) is 1. The van der Waals surface area contributed by atoms with Crippen molar-refractivity contribution in [2.24, 2.45) is 0 Å². The molecular formula is C16H27N5. The van der Waals surface area contributed by atoms with Gasteiger partial charge in [0.15, 0.2) is 0 Å². The van der Waals surface area contributed by atoms with Crippen LogP contribution < -0.4 is 5.32 Å². The summed E-state index contributed by atoms with van der Waals surface area (Å²) in [5.41, 5.74) is 1.23. The van der Waals surface area contributed by atoms with E-state index >= 15 is 0 Å². The summed E-state index contributed by atoms with van der Waals surface area (Å²) in [5.74, 6) is 1.35. The lowest BCUT2D eigenvalue weighted by molar-refractivity contribution is 0.0980. The Morgan fingerprint density at radius 3 is 2.48 bits per heavy atom. The first-order valence-corrected chi connectivity index (χ1v) is 8.20. The van der Waals surface area contributed by atoms with Crippen molar-refractivity contribution >= 4 is 0 Å². The quantitative estimate of drug-likeness (QED) is 0.898. The van der Waals surface area contributed by atoms with E-state index in [9.17, 15) is 0 Å². The van der Waals surface area contributed by atoms with Gasteiger partial charge in [-0.2, -0.15) is 0 Å². The Morgan fingerprint density at radius 1 is 1.19 bits per heavy atom. The molecule has 2 aliphatic rings. The van der Waals surface area contributed by atoms with Crippen LogP contribution in [0.3, 0.4) is 0 Å². The van der Waals surface area contributed by atoms with E-state index in [0.717, 1.165) is 31.5 Å². The summed E-state index contributed by atoms with van der Waals surface area (Å²) in [5, 5.41) is 3.46. The zero-order valence-electron chi connectivity index (χ0n) is 13.3. The highest BCUT2D eigenvalue weighted by Crippen LogP contribution is 2.14. The van der Waals surface area contributed by atoms with E-state index in [4.69, 9.17) is 0 Å². The molecule has 1 aromatic rings. The molecule has 3 heterocycles. The zero-order chi connectivity index (χ0) is 14.7. The van der Waals surface area contributed by atoms with Crippen LogP contribution in [0.2, 0.25) is 0 Å². The van der Waals surface area contributed by atoms with Gasteiger partial charge in [0.25, 0.3) is 0 Å². The molecule has 0 aliphatic carbocycles. The number of hydrogen-bond acceptors (Lipinski definition) is 5. The molecule has 3 rings (SSSR count). The third-order valence-electron chi connectivity index (χ3n) is 4.61. The summed E-state index contributed by atoms with van der Waals surface area (Å²) >= 11 is 0. The van der Waals surface area contributed by atoms with Crippen LogP contribution in [0.15, 0.2) is 12.4 Å². The van der Waals surface area contributed by atoms with E-state index in [1.807, 2.05) is 12.4 Å². The summed E-state index contributed by atoms with van der Waals surface area (Å²) in [6, 6.07) is 0.765. The van der Waals surface area contributed by atoms with Crippen molar-refractivity contribution in [3.63, 3.8) is 0 Å². The molecule has 1 atom stereocenters. The molecule has 0 spiro atoms. The molecule has 0 unspecified atom stereocenters. The topological polar surface area (TPSA) is 44.3 Å². The largest absolute Gasteiger partial charge is 0.315 e. The van der Waals surface area contributed by atoms with Crippen molar-refractivity contribution in [1.29, 1.82) is 0 Å². The molecule has 5 heteroatoms. The summed E-state index contributed by atoms with van der Waals surface area (Å²) < 4.78 is 0. The fourth-order valence-electron chi connectivity index (χ4n) is 3.24. The van der Waals surface area contributed by atoms with E-state index < -0.39 is 0 Å². The first-order valence-electron chi connectivity index (χ1n) is 8.20. The van der Waals surface area contributed by atoms with Gasteiger partial charge in [0.1, 0.15) is 5.82 Å². The van der Waals surface area contributed by atoms with Crippen molar-refractivity contribution in [1.82, 2.24) is 25.1 Å². The predicted octanol–water partition coefficient (Wildman–Crippen LogP) is 1.08.